The van der Waals surface area contributed by atoms with Gasteiger partial charge in [0, 0.05) is 35.9 Å². The number of piperazine rings is 1. The molecule has 1 N–H and O–H groups in total. The molecule has 1 atom stereocenters. The van der Waals surface area contributed by atoms with E-state index in [9.17, 15) is 9.59 Å². The Balaban J connectivity index is 1.50. The van der Waals surface area contributed by atoms with E-state index in [4.69, 9.17) is 0 Å². The van der Waals surface area contributed by atoms with E-state index in [2.05, 4.69) is 36.2 Å². The van der Waals surface area contributed by atoms with Crippen molar-refractivity contribution in [2.45, 2.75) is 103 Å². The third kappa shape index (κ3) is 4.37. The minimum Gasteiger partial charge on any atom is -0.340 e. The molecule has 32 heavy (non-hydrogen) atoms. The van der Waals surface area contributed by atoms with Crippen molar-refractivity contribution in [2.75, 3.05) is 19.6 Å². The van der Waals surface area contributed by atoms with Crippen molar-refractivity contribution in [1.29, 1.82) is 0 Å². The number of carbonyl (C=O) groups is 2. The van der Waals surface area contributed by atoms with Gasteiger partial charge in [-0.2, -0.15) is 0 Å². The zero-order chi connectivity index (χ0) is 22.8. The normalized spacial score (nSPS) is 27.2. The summed E-state index contributed by atoms with van der Waals surface area (Å²) in [6.45, 7) is 9.75. The first-order chi connectivity index (χ1) is 15.4. The number of nitrogens with one attached hydrogen (secondary N) is 1. The molecule has 3 heterocycles. The molecule has 1 aliphatic carbocycles. The topological polar surface area (TPSA) is 52.7 Å². The van der Waals surface area contributed by atoms with Crippen molar-refractivity contribution in [3.63, 3.8) is 0 Å². The van der Waals surface area contributed by atoms with Crippen LogP contribution in [0.2, 0.25) is 0 Å². The summed E-state index contributed by atoms with van der Waals surface area (Å²) >= 11 is 1.90. The lowest BCUT2D eigenvalue weighted by atomic mass is 9.70. The first-order valence-corrected chi connectivity index (χ1v) is 13.7. The fraction of sp³-hybridized carbons (Fsp3) is 0.769. The number of hydrogen-bond acceptors (Lipinski definition) is 4. The van der Waals surface area contributed by atoms with Gasteiger partial charge in [0.2, 0.25) is 11.8 Å². The lowest BCUT2D eigenvalue weighted by Gasteiger charge is -2.56. The third-order valence-corrected chi connectivity index (χ3v) is 9.50. The quantitative estimate of drug-likeness (QED) is 0.641. The van der Waals surface area contributed by atoms with E-state index >= 15 is 0 Å². The van der Waals surface area contributed by atoms with Crippen LogP contribution >= 0.6 is 11.3 Å². The Morgan fingerprint density at radius 2 is 1.75 bits per heavy atom. The van der Waals surface area contributed by atoms with Crippen molar-refractivity contribution >= 4 is 23.2 Å². The highest BCUT2D eigenvalue weighted by atomic mass is 32.1. The molecular weight excluding hydrogens is 418 g/mol. The molecule has 4 rings (SSSR count). The van der Waals surface area contributed by atoms with E-state index in [0.29, 0.717) is 6.54 Å². The minimum atomic E-state index is -0.735. The number of rotatable bonds is 7. The number of nitrogens with zero attached hydrogens (tertiary/aromatic N) is 2. The first-order valence-electron chi connectivity index (χ1n) is 12.9. The average molecular weight is 460 g/mol. The standard InChI is InChI=1S/C26H41N3O2S/c1-4-6-16-29-24(31)25(3,20-10-8-7-9-11-20)27-23(30)26(29)14-17-28(18-15-26)19-22-13-12-21(5-2)32-22/h12-13,20H,4-11,14-19H2,1-3H3,(H,27,30). The molecule has 0 bridgehead atoms. The summed E-state index contributed by atoms with van der Waals surface area (Å²) in [5.41, 5.74) is -1.40. The number of aryl methyl sites for hydroxylation is 1. The number of piperidine rings is 1. The van der Waals surface area contributed by atoms with Gasteiger partial charge in [-0.25, -0.2) is 0 Å². The van der Waals surface area contributed by atoms with Gasteiger partial charge in [0.05, 0.1) is 0 Å². The van der Waals surface area contributed by atoms with E-state index < -0.39 is 11.1 Å². The summed E-state index contributed by atoms with van der Waals surface area (Å²) in [6, 6.07) is 4.48. The van der Waals surface area contributed by atoms with E-state index in [1.54, 1.807) is 0 Å². The highest BCUT2D eigenvalue weighted by molar-refractivity contribution is 7.11. The number of hydrogen-bond donors (Lipinski definition) is 1. The van der Waals surface area contributed by atoms with E-state index in [-0.39, 0.29) is 17.7 Å². The van der Waals surface area contributed by atoms with Gasteiger partial charge in [0.1, 0.15) is 11.1 Å². The summed E-state index contributed by atoms with van der Waals surface area (Å²) in [7, 11) is 0. The molecule has 2 amide bonds. The SMILES string of the molecule is CCCCN1C(=O)C(C)(C2CCCCC2)NC(=O)C12CCN(Cc1ccc(CC)s1)CC2. The largest absolute Gasteiger partial charge is 0.340 e. The second kappa shape index (κ2) is 9.84. The second-order valence-corrected chi connectivity index (χ2v) is 11.6. The smallest absolute Gasteiger partial charge is 0.249 e. The van der Waals surface area contributed by atoms with E-state index in [0.717, 1.165) is 64.6 Å². The molecule has 1 aromatic heterocycles. The van der Waals surface area contributed by atoms with Crippen LogP contribution < -0.4 is 5.32 Å². The number of carbonyl (C=O) groups excluding carboxylic acids is 2. The molecule has 178 valence electrons. The predicted molar refractivity (Wildman–Crippen MR) is 131 cm³/mol. The number of unbranched alkanes of at least 4 members (excludes halogenated alkanes) is 1. The molecule has 3 aliphatic rings. The van der Waals surface area contributed by atoms with Gasteiger partial charge >= 0.3 is 0 Å². The number of thiophene rings is 1. The highest BCUT2D eigenvalue weighted by Gasteiger charge is 2.59. The average Bonchev–Trinajstić information content (AvgIpc) is 3.27. The Bertz CT molecular complexity index is 808. The second-order valence-electron chi connectivity index (χ2n) is 10.3. The number of likely N-dealkylation sites (tertiary alicyclic amines) is 1. The van der Waals surface area contributed by atoms with Gasteiger partial charge in [0.15, 0.2) is 0 Å². The summed E-state index contributed by atoms with van der Waals surface area (Å²) in [5.74, 6) is 0.544. The van der Waals surface area contributed by atoms with Gasteiger partial charge < -0.3 is 10.2 Å². The Morgan fingerprint density at radius 3 is 2.38 bits per heavy atom. The van der Waals surface area contributed by atoms with Gasteiger partial charge in [-0.1, -0.05) is 39.5 Å². The summed E-state index contributed by atoms with van der Waals surface area (Å²) < 4.78 is 0. The van der Waals surface area contributed by atoms with Crippen LogP contribution in [0, 0.1) is 5.92 Å². The van der Waals surface area contributed by atoms with Crippen molar-refractivity contribution in [2.24, 2.45) is 5.92 Å². The van der Waals surface area contributed by atoms with E-state index in [1.807, 2.05) is 23.2 Å². The minimum absolute atomic E-state index is 0.102. The van der Waals surface area contributed by atoms with Crippen LogP contribution in [0.25, 0.3) is 0 Å². The Hall–Kier alpha value is -1.40. The molecule has 1 saturated carbocycles. The number of amides is 2. The molecule has 6 heteroatoms. The van der Waals surface area contributed by atoms with Crippen LogP contribution in [0.3, 0.4) is 0 Å². The maximum Gasteiger partial charge on any atom is 0.249 e. The molecule has 1 aromatic rings. The molecule has 2 saturated heterocycles. The summed E-state index contributed by atoms with van der Waals surface area (Å²) in [6.07, 6.45) is 10.2. The molecule has 5 nitrogen and oxygen atoms in total. The molecule has 0 radical (unpaired) electrons. The predicted octanol–water partition coefficient (Wildman–Crippen LogP) is 4.74. The van der Waals surface area contributed by atoms with Crippen LogP contribution in [0.1, 0.15) is 88.3 Å². The van der Waals surface area contributed by atoms with Crippen molar-refractivity contribution in [3.8, 4) is 0 Å². The molecule has 0 aromatic carbocycles. The fourth-order valence-electron chi connectivity index (χ4n) is 6.09. The molecule has 1 unspecified atom stereocenters. The van der Waals surface area contributed by atoms with Gasteiger partial charge in [-0.15, -0.1) is 11.3 Å². The molecule has 1 spiro atoms. The van der Waals surface area contributed by atoms with Crippen molar-refractivity contribution in [3.05, 3.63) is 21.9 Å². The maximum atomic E-state index is 14.0. The lowest BCUT2D eigenvalue weighted by molar-refractivity contribution is -0.169. The fourth-order valence-corrected chi connectivity index (χ4v) is 7.09. The van der Waals surface area contributed by atoms with E-state index in [1.165, 1.54) is 29.0 Å². The van der Waals surface area contributed by atoms with Crippen LogP contribution in [-0.2, 0) is 22.6 Å². The van der Waals surface area contributed by atoms with Crippen LogP contribution in [0.5, 0.6) is 0 Å². The first kappa shape index (κ1) is 23.7. The lowest BCUT2D eigenvalue weighted by Crippen LogP contribution is -2.78. The van der Waals surface area contributed by atoms with Crippen LogP contribution in [0.15, 0.2) is 12.1 Å². The van der Waals surface area contributed by atoms with Gasteiger partial charge in [-0.05, 0) is 63.5 Å². The molecule has 3 fully saturated rings. The van der Waals surface area contributed by atoms with Crippen molar-refractivity contribution < 1.29 is 9.59 Å². The molecular formula is C26H41N3O2S. The summed E-state index contributed by atoms with van der Waals surface area (Å²) in [5, 5.41) is 3.31. The third-order valence-electron chi connectivity index (χ3n) is 8.29. The summed E-state index contributed by atoms with van der Waals surface area (Å²) in [4.78, 5) is 35.0. The van der Waals surface area contributed by atoms with Crippen molar-refractivity contribution in [1.82, 2.24) is 15.1 Å². The zero-order valence-corrected chi connectivity index (χ0v) is 21.1. The maximum absolute atomic E-state index is 14.0. The van der Waals surface area contributed by atoms with Crippen LogP contribution in [0.4, 0.5) is 0 Å². The Morgan fingerprint density at radius 1 is 1.06 bits per heavy atom. The van der Waals surface area contributed by atoms with Crippen LogP contribution in [-0.4, -0.2) is 52.3 Å². The zero-order valence-electron chi connectivity index (χ0n) is 20.3. The van der Waals surface area contributed by atoms with Gasteiger partial charge in [0.25, 0.3) is 0 Å². The van der Waals surface area contributed by atoms with Gasteiger partial charge in [-0.3, -0.25) is 14.5 Å². The molecule has 2 aliphatic heterocycles. The highest BCUT2D eigenvalue weighted by Crippen LogP contribution is 2.41. The Labute approximate surface area is 197 Å². The monoisotopic (exact) mass is 459 g/mol. The Kier molecular flexibility index (Phi) is 7.30.